The van der Waals surface area contributed by atoms with Gasteiger partial charge in [0.05, 0.1) is 6.10 Å². The fraction of sp³-hybridized carbons (Fsp3) is 0.533. The number of ether oxygens (including phenoxy) is 1. The summed E-state index contributed by atoms with van der Waals surface area (Å²) in [4.78, 5) is 13.1. The Balaban J connectivity index is 2.43. The van der Waals surface area contributed by atoms with Crippen LogP contribution in [-0.2, 0) is 0 Å². The normalized spacial score (nSPS) is 12.4. The van der Waals surface area contributed by atoms with Gasteiger partial charge in [-0.05, 0) is 38.6 Å². The molecule has 18 heavy (non-hydrogen) atoms. The molecule has 3 nitrogen and oxygen atoms in total. The topological polar surface area (TPSA) is 29.5 Å². The van der Waals surface area contributed by atoms with Crippen LogP contribution >= 0.6 is 0 Å². The van der Waals surface area contributed by atoms with Crippen molar-refractivity contribution in [2.24, 2.45) is 0 Å². The number of nitrogens with zero attached hydrogens (tertiary/aromatic N) is 1. The summed E-state index contributed by atoms with van der Waals surface area (Å²) >= 11 is 0. The zero-order valence-electron chi connectivity index (χ0n) is 11.6. The van der Waals surface area contributed by atoms with Gasteiger partial charge in [-0.15, -0.1) is 0 Å². The van der Waals surface area contributed by atoms with Gasteiger partial charge in [-0.1, -0.05) is 26.0 Å². The summed E-state index contributed by atoms with van der Waals surface area (Å²) in [5.41, 5.74) is 0.656. The third-order valence-corrected chi connectivity index (χ3v) is 3.08. The Morgan fingerprint density at radius 3 is 2.67 bits per heavy atom. The molecule has 0 amide bonds. The van der Waals surface area contributed by atoms with E-state index in [0.29, 0.717) is 5.56 Å². The van der Waals surface area contributed by atoms with Gasteiger partial charge in [0, 0.05) is 12.1 Å². The summed E-state index contributed by atoms with van der Waals surface area (Å²) in [7, 11) is 0. The number of hydrogen-bond acceptors (Lipinski definition) is 3. The Kier molecular flexibility index (Phi) is 6.44. The molecule has 1 aromatic carbocycles. The maximum Gasteiger partial charge on any atom is 0.150 e. The van der Waals surface area contributed by atoms with E-state index in [1.54, 1.807) is 12.1 Å². The molecule has 1 unspecified atom stereocenters. The average molecular weight is 249 g/mol. The van der Waals surface area contributed by atoms with Crippen molar-refractivity contribution in [3.05, 3.63) is 29.8 Å². The van der Waals surface area contributed by atoms with E-state index in [0.717, 1.165) is 38.1 Å². The van der Waals surface area contributed by atoms with Gasteiger partial charge in [-0.3, -0.25) is 4.79 Å². The lowest BCUT2D eigenvalue weighted by molar-refractivity contribution is 0.112. The Bertz CT molecular complexity index is 361. The second kappa shape index (κ2) is 7.88. The number of aldehydes is 1. The van der Waals surface area contributed by atoms with Crippen LogP contribution in [0.2, 0.25) is 0 Å². The number of hydrogen-bond donors (Lipinski definition) is 0. The number of carbonyl (C=O) groups is 1. The van der Waals surface area contributed by atoms with Gasteiger partial charge in [-0.2, -0.15) is 0 Å². The van der Waals surface area contributed by atoms with Gasteiger partial charge in [-0.25, -0.2) is 0 Å². The molecule has 0 heterocycles. The van der Waals surface area contributed by atoms with Crippen LogP contribution in [0.4, 0.5) is 0 Å². The molecule has 0 aliphatic rings. The van der Waals surface area contributed by atoms with E-state index in [1.165, 1.54) is 0 Å². The lowest BCUT2D eigenvalue weighted by Gasteiger charge is -2.21. The predicted molar refractivity (Wildman–Crippen MR) is 74.3 cm³/mol. The van der Waals surface area contributed by atoms with Crippen molar-refractivity contribution in [1.82, 2.24) is 4.90 Å². The quantitative estimate of drug-likeness (QED) is 0.663. The highest BCUT2D eigenvalue weighted by Gasteiger charge is 2.07. The monoisotopic (exact) mass is 249 g/mol. The van der Waals surface area contributed by atoms with Crippen molar-refractivity contribution in [1.29, 1.82) is 0 Å². The molecular weight excluding hydrogens is 226 g/mol. The minimum atomic E-state index is 0.160. The third kappa shape index (κ3) is 4.88. The van der Waals surface area contributed by atoms with E-state index >= 15 is 0 Å². The molecule has 0 saturated heterocycles. The lowest BCUT2D eigenvalue weighted by Crippen LogP contribution is -2.27. The smallest absolute Gasteiger partial charge is 0.150 e. The molecule has 0 saturated carbocycles. The van der Waals surface area contributed by atoms with Crippen LogP contribution in [0.15, 0.2) is 24.3 Å². The summed E-state index contributed by atoms with van der Waals surface area (Å²) < 4.78 is 5.81. The van der Waals surface area contributed by atoms with Crippen molar-refractivity contribution in [3.8, 4) is 5.75 Å². The van der Waals surface area contributed by atoms with E-state index in [-0.39, 0.29) is 6.10 Å². The maximum atomic E-state index is 10.7. The molecule has 0 bridgehead atoms. The summed E-state index contributed by atoms with van der Waals surface area (Å²) in [6.07, 6.45) is 1.99. The van der Waals surface area contributed by atoms with Crippen LogP contribution in [0.25, 0.3) is 0 Å². The number of rotatable bonds is 8. The summed E-state index contributed by atoms with van der Waals surface area (Å²) in [5, 5.41) is 0. The molecule has 0 aliphatic carbocycles. The average Bonchev–Trinajstić information content (AvgIpc) is 2.40. The molecule has 100 valence electrons. The van der Waals surface area contributed by atoms with Crippen LogP contribution in [0.3, 0.4) is 0 Å². The second-order valence-corrected chi connectivity index (χ2v) is 4.43. The van der Waals surface area contributed by atoms with Gasteiger partial charge >= 0.3 is 0 Å². The Morgan fingerprint density at radius 1 is 1.33 bits per heavy atom. The van der Waals surface area contributed by atoms with E-state index in [4.69, 9.17) is 4.74 Å². The number of benzene rings is 1. The van der Waals surface area contributed by atoms with Gasteiger partial charge in [0.2, 0.25) is 0 Å². The van der Waals surface area contributed by atoms with Gasteiger partial charge in [0.15, 0.2) is 0 Å². The molecule has 3 heteroatoms. The Morgan fingerprint density at radius 2 is 2.06 bits per heavy atom. The third-order valence-electron chi connectivity index (χ3n) is 3.08. The first-order valence-electron chi connectivity index (χ1n) is 6.63. The van der Waals surface area contributed by atoms with Crippen LogP contribution in [0.1, 0.15) is 37.6 Å². The van der Waals surface area contributed by atoms with E-state index in [1.807, 2.05) is 12.1 Å². The van der Waals surface area contributed by atoms with Crippen molar-refractivity contribution in [2.45, 2.75) is 33.3 Å². The number of carbonyl (C=O) groups excluding carboxylic acids is 1. The lowest BCUT2D eigenvalue weighted by atomic mass is 10.2. The van der Waals surface area contributed by atoms with Gasteiger partial charge < -0.3 is 9.64 Å². The second-order valence-electron chi connectivity index (χ2n) is 4.43. The largest absolute Gasteiger partial charge is 0.491 e. The highest BCUT2D eigenvalue weighted by Crippen LogP contribution is 2.15. The standard InChI is InChI=1S/C15H23NO2/c1-4-16(5-2)10-9-13(3)18-15-8-6-7-14(11-15)12-17/h6-8,11-13H,4-5,9-10H2,1-3H3. The zero-order valence-corrected chi connectivity index (χ0v) is 11.6. The molecule has 0 fully saturated rings. The predicted octanol–water partition coefficient (Wildman–Crippen LogP) is 3.00. The molecular formula is C15H23NO2. The Hall–Kier alpha value is -1.35. The first kappa shape index (κ1) is 14.7. The highest BCUT2D eigenvalue weighted by atomic mass is 16.5. The minimum absolute atomic E-state index is 0.160. The highest BCUT2D eigenvalue weighted by molar-refractivity contribution is 5.75. The van der Waals surface area contributed by atoms with Crippen molar-refractivity contribution in [2.75, 3.05) is 19.6 Å². The maximum absolute atomic E-state index is 10.7. The molecule has 1 rings (SSSR count). The molecule has 0 aromatic heterocycles. The minimum Gasteiger partial charge on any atom is -0.491 e. The summed E-state index contributed by atoms with van der Waals surface area (Å²) in [5.74, 6) is 0.770. The van der Waals surface area contributed by atoms with Crippen LogP contribution in [0.5, 0.6) is 5.75 Å². The van der Waals surface area contributed by atoms with Crippen molar-refractivity contribution < 1.29 is 9.53 Å². The first-order chi connectivity index (χ1) is 8.69. The molecule has 0 radical (unpaired) electrons. The van der Waals surface area contributed by atoms with Crippen LogP contribution in [-0.4, -0.2) is 36.9 Å². The molecule has 0 N–H and O–H groups in total. The van der Waals surface area contributed by atoms with Crippen molar-refractivity contribution in [3.63, 3.8) is 0 Å². The molecule has 1 aromatic rings. The molecule has 0 spiro atoms. The van der Waals surface area contributed by atoms with Gasteiger partial charge in [0.1, 0.15) is 12.0 Å². The Labute approximate surface area is 110 Å². The summed E-state index contributed by atoms with van der Waals surface area (Å²) in [6, 6.07) is 7.29. The fourth-order valence-electron chi connectivity index (χ4n) is 1.86. The zero-order chi connectivity index (χ0) is 13.4. The molecule has 1 atom stereocenters. The summed E-state index contributed by atoms with van der Waals surface area (Å²) in [6.45, 7) is 9.59. The van der Waals surface area contributed by atoms with E-state index in [9.17, 15) is 4.79 Å². The van der Waals surface area contributed by atoms with Gasteiger partial charge in [0.25, 0.3) is 0 Å². The van der Waals surface area contributed by atoms with E-state index in [2.05, 4.69) is 25.7 Å². The first-order valence-corrected chi connectivity index (χ1v) is 6.63. The van der Waals surface area contributed by atoms with Crippen LogP contribution in [0, 0.1) is 0 Å². The van der Waals surface area contributed by atoms with E-state index < -0.39 is 0 Å². The molecule has 0 aliphatic heterocycles. The fourth-order valence-corrected chi connectivity index (χ4v) is 1.86. The van der Waals surface area contributed by atoms with Crippen molar-refractivity contribution >= 4 is 6.29 Å². The van der Waals surface area contributed by atoms with Crippen LogP contribution < -0.4 is 4.74 Å². The SMILES string of the molecule is CCN(CC)CCC(C)Oc1cccc(C=O)c1.